The first-order chi connectivity index (χ1) is 13.4. The van der Waals surface area contributed by atoms with Gasteiger partial charge in [-0.1, -0.05) is 0 Å². The Morgan fingerprint density at radius 3 is 2.76 bits per heavy atom. The predicted octanol–water partition coefficient (Wildman–Crippen LogP) is -0.938. The first kappa shape index (κ1) is 23.8. The molecule has 1 aliphatic rings. The molecule has 2 rings (SSSR count). The Labute approximate surface area is 170 Å². The maximum absolute atomic E-state index is 15.1. The Kier molecular flexibility index (Phi) is 7.88. The fourth-order valence-electron chi connectivity index (χ4n) is 2.82. The average molecular weight is 451 g/mol. The summed E-state index contributed by atoms with van der Waals surface area (Å²) >= 11 is 0. The van der Waals surface area contributed by atoms with Crippen LogP contribution in [0, 0.1) is 0 Å². The molecule has 2 heterocycles. The second-order valence-electron chi connectivity index (χ2n) is 7.23. The van der Waals surface area contributed by atoms with Crippen LogP contribution in [0.4, 0.5) is 4.39 Å². The molecule has 29 heavy (non-hydrogen) atoms. The number of rotatable bonds is 8. The molecule has 0 radical (unpaired) electrons. The molecule has 1 fully saturated rings. The standard InChI is InChI=1S/C16H27FN3O7PSi/c1-8(2)26-13(23)9(3)19-28(29)25-7-10-12(22)16(4,17)14(27-10)20-6-5-11(21)18-15(20)24/h5-6,8-10,12,14,19,22,28H,7,29H2,1-4H3,(H,18,21,24)/t9-,10+,12+,14+,16+/m0/s1. The number of carbonyl (C=O) groups excluding carboxylic acids is 1. The highest BCUT2D eigenvalue weighted by molar-refractivity contribution is 7.55. The van der Waals surface area contributed by atoms with Gasteiger partial charge in [0, 0.05) is 29.2 Å². The van der Waals surface area contributed by atoms with Crippen molar-refractivity contribution in [2.75, 3.05) is 6.61 Å². The summed E-state index contributed by atoms with van der Waals surface area (Å²) in [6.45, 7) is 6.10. The van der Waals surface area contributed by atoms with Crippen molar-refractivity contribution in [2.24, 2.45) is 0 Å². The fraction of sp³-hybridized carbons (Fsp3) is 0.688. The molecule has 0 spiro atoms. The lowest BCUT2D eigenvalue weighted by atomic mass is 9.98. The summed E-state index contributed by atoms with van der Waals surface area (Å²) in [5, 5.41) is 13.3. The molecule has 1 aliphatic heterocycles. The zero-order chi connectivity index (χ0) is 21.9. The number of nitrogens with one attached hydrogen (secondary N) is 2. The van der Waals surface area contributed by atoms with Crippen LogP contribution in [-0.2, 0) is 18.8 Å². The van der Waals surface area contributed by atoms with Crippen LogP contribution in [0.1, 0.15) is 33.9 Å². The first-order valence-corrected chi connectivity index (χ1v) is 12.8. The number of aliphatic hydroxyl groups is 1. The highest BCUT2D eigenvalue weighted by atomic mass is 31.3. The molecular formula is C16H27FN3O7PSi. The Hall–Kier alpha value is -1.43. The molecule has 1 saturated heterocycles. The number of hydrogen-bond donors (Lipinski definition) is 3. The maximum atomic E-state index is 15.1. The molecule has 164 valence electrons. The van der Waals surface area contributed by atoms with E-state index < -0.39 is 54.8 Å². The van der Waals surface area contributed by atoms with E-state index in [1.807, 2.05) is 4.98 Å². The molecule has 0 aliphatic carbocycles. The SMILES string of the molecule is CC(C)OC(=O)[C@H](C)N[PH](=[SiH2])OC[C@H]1O[C@@H](n2ccc(=O)[nH]c2=O)[C@](C)(F)[C@@H]1O. The minimum absolute atomic E-state index is 0.147. The second-order valence-corrected chi connectivity index (χ2v) is 10.6. The van der Waals surface area contributed by atoms with Crippen LogP contribution in [0.2, 0.25) is 0 Å². The molecule has 3 N–H and O–H groups in total. The van der Waals surface area contributed by atoms with Crippen molar-refractivity contribution in [1.82, 2.24) is 14.6 Å². The molecule has 0 aromatic carbocycles. The normalized spacial score (nSPS) is 29.0. The van der Waals surface area contributed by atoms with Gasteiger partial charge in [0.05, 0.1) is 12.7 Å². The Morgan fingerprint density at radius 2 is 2.17 bits per heavy atom. The Morgan fingerprint density at radius 1 is 1.52 bits per heavy atom. The van der Waals surface area contributed by atoms with Crippen LogP contribution in [0.5, 0.6) is 0 Å². The Balaban J connectivity index is 2.00. The number of carbonyl (C=O) groups is 1. The highest BCUT2D eigenvalue weighted by Crippen LogP contribution is 2.41. The maximum Gasteiger partial charge on any atom is 0.330 e. The second kappa shape index (κ2) is 9.58. The number of aliphatic hydroxyl groups excluding tert-OH is 1. The molecule has 10 nitrogen and oxygen atoms in total. The van der Waals surface area contributed by atoms with E-state index in [0.29, 0.717) is 0 Å². The molecule has 1 aromatic heterocycles. The fourth-order valence-corrected chi connectivity index (χ4v) is 5.14. The predicted molar refractivity (Wildman–Crippen MR) is 107 cm³/mol. The third-order valence-corrected chi connectivity index (χ3v) is 6.82. The van der Waals surface area contributed by atoms with Gasteiger partial charge >= 0.3 is 11.7 Å². The molecular weight excluding hydrogens is 424 g/mol. The van der Waals surface area contributed by atoms with Gasteiger partial charge in [-0.25, -0.2) is 9.18 Å². The monoisotopic (exact) mass is 451 g/mol. The molecule has 0 bridgehead atoms. The van der Waals surface area contributed by atoms with Crippen molar-refractivity contribution in [3.8, 4) is 0 Å². The number of ether oxygens (including phenoxy) is 2. The van der Waals surface area contributed by atoms with E-state index >= 15 is 4.39 Å². The molecule has 1 unspecified atom stereocenters. The van der Waals surface area contributed by atoms with E-state index in [1.165, 1.54) is 9.50 Å². The summed E-state index contributed by atoms with van der Waals surface area (Å²) in [5.74, 6) is -0.413. The third-order valence-electron chi connectivity index (χ3n) is 4.33. The van der Waals surface area contributed by atoms with Gasteiger partial charge in [0.1, 0.15) is 18.2 Å². The van der Waals surface area contributed by atoms with Crippen molar-refractivity contribution in [1.29, 1.82) is 0 Å². The van der Waals surface area contributed by atoms with Crippen molar-refractivity contribution in [2.45, 2.75) is 63.9 Å². The van der Waals surface area contributed by atoms with E-state index in [1.54, 1.807) is 20.8 Å². The summed E-state index contributed by atoms with van der Waals surface area (Å²) in [7, 11) is -0.152. The quantitative estimate of drug-likeness (QED) is 0.262. The lowest BCUT2D eigenvalue weighted by Gasteiger charge is -2.24. The van der Waals surface area contributed by atoms with E-state index in [9.17, 15) is 19.5 Å². The number of nitrogens with zero attached hydrogens (tertiary/aromatic N) is 1. The number of esters is 1. The van der Waals surface area contributed by atoms with Gasteiger partial charge in [0.25, 0.3) is 5.56 Å². The molecule has 0 amide bonds. The lowest BCUT2D eigenvalue weighted by molar-refractivity contribution is -0.148. The number of aromatic amines is 1. The summed E-state index contributed by atoms with van der Waals surface area (Å²) in [6.07, 6.45) is -3.16. The van der Waals surface area contributed by atoms with Crippen LogP contribution in [-0.4, -0.2) is 66.8 Å². The molecule has 6 atom stereocenters. The Bertz CT molecular complexity index is 875. The summed E-state index contributed by atoms with van der Waals surface area (Å²) in [4.78, 5) is 37.0. The van der Waals surface area contributed by atoms with Crippen molar-refractivity contribution in [3.63, 3.8) is 0 Å². The minimum Gasteiger partial charge on any atom is -0.462 e. The highest BCUT2D eigenvalue weighted by Gasteiger charge is 2.55. The van der Waals surface area contributed by atoms with Gasteiger partial charge in [-0.15, -0.1) is 0 Å². The smallest absolute Gasteiger partial charge is 0.330 e. The van der Waals surface area contributed by atoms with Crippen LogP contribution >= 0.6 is 7.44 Å². The molecule has 0 saturated carbocycles. The van der Waals surface area contributed by atoms with E-state index in [-0.39, 0.29) is 12.7 Å². The van der Waals surface area contributed by atoms with E-state index in [0.717, 1.165) is 23.8 Å². The molecule has 1 aromatic rings. The van der Waals surface area contributed by atoms with Crippen molar-refractivity contribution >= 4 is 22.9 Å². The summed E-state index contributed by atoms with van der Waals surface area (Å²) in [5.41, 5.74) is -3.76. The number of H-pyrrole nitrogens is 1. The van der Waals surface area contributed by atoms with Crippen molar-refractivity contribution in [3.05, 3.63) is 33.1 Å². The van der Waals surface area contributed by atoms with Gasteiger partial charge in [-0.05, 0) is 27.7 Å². The van der Waals surface area contributed by atoms with Gasteiger partial charge in [0.2, 0.25) is 0 Å². The number of alkyl halides is 1. The van der Waals surface area contributed by atoms with Crippen LogP contribution in [0.25, 0.3) is 0 Å². The summed E-state index contributed by atoms with van der Waals surface area (Å²) < 4.78 is 32.3. The van der Waals surface area contributed by atoms with Crippen molar-refractivity contribution < 1.29 is 28.3 Å². The zero-order valence-corrected chi connectivity index (χ0v) is 19.1. The van der Waals surface area contributed by atoms with Crippen LogP contribution in [0.15, 0.2) is 21.9 Å². The average Bonchev–Trinajstić information content (AvgIpc) is 2.82. The van der Waals surface area contributed by atoms with Gasteiger partial charge < -0.3 is 19.1 Å². The van der Waals surface area contributed by atoms with Gasteiger partial charge in [-0.2, -0.15) is 0 Å². The minimum atomic E-state index is -2.29. The zero-order valence-electron chi connectivity index (χ0n) is 16.7. The summed E-state index contributed by atoms with van der Waals surface area (Å²) in [6, 6.07) is 0.476. The van der Waals surface area contributed by atoms with E-state index in [4.69, 9.17) is 14.0 Å². The van der Waals surface area contributed by atoms with Gasteiger partial charge in [0.15, 0.2) is 11.9 Å². The molecule has 13 heteroatoms. The number of aromatic nitrogens is 2. The number of halogens is 1. The largest absolute Gasteiger partial charge is 0.462 e. The third kappa shape index (κ3) is 5.80. The van der Waals surface area contributed by atoms with Crippen LogP contribution in [0.3, 0.4) is 0 Å². The topological polar surface area (TPSA) is 132 Å². The lowest BCUT2D eigenvalue weighted by Crippen LogP contribution is -2.43. The van der Waals surface area contributed by atoms with Crippen LogP contribution < -0.4 is 16.3 Å². The van der Waals surface area contributed by atoms with Gasteiger partial charge in [-0.3, -0.25) is 24.2 Å². The van der Waals surface area contributed by atoms with E-state index in [2.05, 4.69) is 5.09 Å². The number of hydrogen-bond acceptors (Lipinski definition) is 8. The first-order valence-electron chi connectivity index (χ1n) is 9.06.